The first-order valence-corrected chi connectivity index (χ1v) is 7.43. The summed E-state index contributed by atoms with van der Waals surface area (Å²) >= 11 is 0. The second kappa shape index (κ2) is 12.8. The summed E-state index contributed by atoms with van der Waals surface area (Å²) in [5, 5.41) is 8.50. The van der Waals surface area contributed by atoms with E-state index in [1.165, 1.54) is 7.11 Å². The molecule has 0 aliphatic carbocycles. The van der Waals surface area contributed by atoms with Crippen molar-refractivity contribution < 1.29 is 33.6 Å². The van der Waals surface area contributed by atoms with Crippen molar-refractivity contribution in [2.75, 3.05) is 60.0 Å². The monoisotopic (exact) mass is 328 g/mol. The van der Waals surface area contributed by atoms with E-state index in [1.54, 1.807) is 24.3 Å². The lowest BCUT2D eigenvalue weighted by Crippen LogP contribution is -2.13. The molecular formula is C16H24O7. The van der Waals surface area contributed by atoms with Crippen molar-refractivity contribution in [3.05, 3.63) is 29.8 Å². The number of ether oxygens (including phenoxy) is 5. The summed E-state index contributed by atoms with van der Waals surface area (Å²) in [4.78, 5) is 11.3. The van der Waals surface area contributed by atoms with Gasteiger partial charge in [-0.15, -0.1) is 0 Å². The van der Waals surface area contributed by atoms with E-state index in [4.69, 9.17) is 24.1 Å². The van der Waals surface area contributed by atoms with Crippen molar-refractivity contribution in [2.24, 2.45) is 0 Å². The first-order valence-electron chi connectivity index (χ1n) is 7.43. The largest absolute Gasteiger partial charge is 0.491 e. The van der Waals surface area contributed by atoms with E-state index in [1.807, 2.05) is 0 Å². The fourth-order valence-electron chi connectivity index (χ4n) is 1.63. The molecule has 0 radical (unpaired) electrons. The summed E-state index contributed by atoms with van der Waals surface area (Å²) in [7, 11) is 1.34. The highest BCUT2D eigenvalue weighted by molar-refractivity contribution is 5.89. The number of hydrogen-bond donors (Lipinski definition) is 1. The minimum absolute atomic E-state index is 0.0223. The van der Waals surface area contributed by atoms with Crippen LogP contribution in [0.15, 0.2) is 24.3 Å². The summed E-state index contributed by atoms with van der Waals surface area (Å²) in [6, 6.07) is 6.72. The van der Waals surface area contributed by atoms with Gasteiger partial charge in [0.25, 0.3) is 0 Å². The van der Waals surface area contributed by atoms with Crippen LogP contribution in [-0.4, -0.2) is 71.0 Å². The zero-order chi connectivity index (χ0) is 16.8. The fraction of sp³-hybridized carbons (Fsp3) is 0.562. The predicted molar refractivity (Wildman–Crippen MR) is 82.8 cm³/mol. The molecule has 130 valence electrons. The van der Waals surface area contributed by atoms with Crippen LogP contribution in [0.2, 0.25) is 0 Å². The second-order valence-electron chi connectivity index (χ2n) is 4.43. The average molecular weight is 328 g/mol. The Labute approximate surface area is 136 Å². The Morgan fingerprint density at radius 3 is 1.91 bits per heavy atom. The average Bonchev–Trinajstić information content (AvgIpc) is 2.59. The second-order valence-corrected chi connectivity index (χ2v) is 4.43. The van der Waals surface area contributed by atoms with Crippen LogP contribution in [0.1, 0.15) is 10.4 Å². The Kier molecular flexibility index (Phi) is 10.8. The lowest BCUT2D eigenvalue weighted by molar-refractivity contribution is 0.00361. The van der Waals surface area contributed by atoms with E-state index in [9.17, 15) is 4.79 Å². The molecule has 7 heteroatoms. The van der Waals surface area contributed by atoms with E-state index >= 15 is 0 Å². The molecule has 0 amide bonds. The highest BCUT2D eigenvalue weighted by Gasteiger charge is 2.04. The van der Waals surface area contributed by atoms with Gasteiger partial charge < -0.3 is 28.8 Å². The van der Waals surface area contributed by atoms with E-state index in [0.717, 1.165) is 0 Å². The molecule has 0 saturated carbocycles. The molecule has 0 bridgehead atoms. The molecule has 0 heterocycles. The molecule has 0 atom stereocenters. The zero-order valence-corrected chi connectivity index (χ0v) is 13.4. The number of carbonyl (C=O) groups excluding carboxylic acids is 1. The molecule has 1 N–H and O–H groups in total. The maximum absolute atomic E-state index is 11.3. The van der Waals surface area contributed by atoms with Gasteiger partial charge in [-0.2, -0.15) is 0 Å². The molecule has 23 heavy (non-hydrogen) atoms. The SMILES string of the molecule is COC(=O)c1ccc(OCCOCCOCCOCCO)cc1. The number of esters is 1. The van der Waals surface area contributed by atoms with Crippen LogP contribution in [0, 0.1) is 0 Å². The topological polar surface area (TPSA) is 83.5 Å². The highest BCUT2D eigenvalue weighted by Crippen LogP contribution is 2.12. The summed E-state index contributed by atoms with van der Waals surface area (Å²) in [5.41, 5.74) is 0.483. The number of aliphatic hydroxyl groups excluding tert-OH is 1. The van der Waals surface area contributed by atoms with E-state index in [2.05, 4.69) is 4.74 Å². The third-order valence-electron chi connectivity index (χ3n) is 2.75. The molecule has 0 fully saturated rings. The normalized spacial score (nSPS) is 10.5. The Morgan fingerprint density at radius 1 is 0.870 bits per heavy atom. The molecule has 0 aromatic heterocycles. The third-order valence-corrected chi connectivity index (χ3v) is 2.75. The first kappa shape index (κ1) is 19.4. The van der Waals surface area contributed by atoms with Crippen molar-refractivity contribution in [3.8, 4) is 5.75 Å². The van der Waals surface area contributed by atoms with Crippen LogP contribution in [0.5, 0.6) is 5.75 Å². The number of benzene rings is 1. The van der Waals surface area contributed by atoms with Crippen LogP contribution < -0.4 is 4.74 Å². The van der Waals surface area contributed by atoms with Crippen LogP contribution in [-0.2, 0) is 18.9 Å². The molecule has 1 aromatic rings. The van der Waals surface area contributed by atoms with Gasteiger partial charge in [-0.25, -0.2) is 4.79 Å². The molecular weight excluding hydrogens is 304 g/mol. The van der Waals surface area contributed by atoms with Gasteiger partial charge in [-0.3, -0.25) is 0 Å². The van der Waals surface area contributed by atoms with Gasteiger partial charge in [0.1, 0.15) is 12.4 Å². The van der Waals surface area contributed by atoms with Gasteiger partial charge >= 0.3 is 5.97 Å². The number of hydrogen-bond acceptors (Lipinski definition) is 7. The van der Waals surface area contributed by atoms with Gasteiger partial charge in [0, 0.05) is 0 Å². The quantitative estimate of drug-likeness (QED) is 0.425. The molecule has 0 unspecified atom stereocenters. The Balaban J connectivity index is 1.97. The maximum atomic E-state index is 11.3. The Bertz CT molecular complexity index is 419. The summed E-state index contributed by atoms with van der Waals surface area (Å²) in [6.07, 6.45) is 0. The number of methoxy groups -OCH3 is 1. The standard InChI is InChI=1S/C16H24O7/c1-19-16(18)14-2-4-15(5-3-14)23-13-12-22-11-10-21-9-8-20-7-6-17/h2-5,17H,6-13H2,1H3. The summed E-state index contributed by atoms with van der Waals surface area (Å²) in [6.45, 7) is 3.12. The van der Waals surface area contributed by atoms with Gasteiger partial charge in [-0.05, 0) is 24.3 Å². The zero-order valence-electron chi connectivity index (χ0n) is 13.4. The van der Waals surface area contributed by atoms with Crippen molar-refractivity contribution in [1.29, 1.82) is 0 Å². The molecule has 1 aromatic carbocycles. The van der Waals surface area contributed by atoms with Gasteiger partial charge in [0.05, 0.1) is 58.9 Å². The third kappa shape index (κ3) is 9.14. The first-order chi connectivity index (χ1) is 11.3. The fourth-order valence-corrected chi connectivity index (χ4v) is 1.63. The lowest BCUT2D eigenvalue weighted by Gasteiger charge is -2.08. The molecule has 0 aliphatic rings. The molecule has 7 nitrogen and oxygen atoms in total. The van der Waals surface area contributed by atoms with Crippen LogP contribution >= 0.6 is 0 Å². The maximum Gasteiger partial charge on any atom is 0.337 e. The van der Waals surface area contributed by atoms with Gasteiger partial charge in [0.2, 0.25) is 0 Å². The van der Waals surface area contributed by atoms with E-state index < -0.39 is 0 Å². The minimum atomic E-state index is -0.373. The van der Waals surface area contributed by atoms with Crippen molar-refractivity contribution >= 4 is 5.97 Å². The van der Waals surface area contributed by atoms with Crippen LogP contribution in [0.25, 0.3) is 0 Å². The molecule has 1 rings (SSSR count). The Hall–Kier alpha value is -1.67. The lowest BCUT2D eigenvalue weighted by atomic mass is 10.2. The van der Waals surface area contributed by atoms with Gasteiger partial charge in [0.15, 0.2) is 0 Å². The van der Waals surface area contributed by atoms with Crippen molar-refractivity contribution in [2.45, 2.75) is 0 Å². The van der Waals surface area contributed by atoms with E-state index in [-0.39, 0.29) is 12.6 Å². The van der Waals surface area contributed by atoms with Crippen LogP contribution in [0.3, 0.4) is 0 Å². The predicted octanol–water partition coefficient (Wildman–Crippen LogP) is 0.894. The number of aliphatic hydroxyl groups is 1. The van der Waals surface area contributed by atoms with E-state index in [0.29, 0.717) is 57.6 Å². The number of rotatable bonds is 13. The highest BCUT2D eigenvalue weighted by atomic mass is 16.6. The molecule has 0 spiro atoms. The molecule has 0 aliphatic heterocycles. The summed E-state index contributed by atoms with van der Waals surface area (Å²) in [5.74, 6) is 0.292. The van der Waals surface area contributed by atoms with Crippen molar-refractivity contribution in [1.82, 2.24) is 0 Å². The van der Waals surface area contributed by atoms with Crippen LogP contribution in [0.4, 0.5) is 0 Å². The summed E-state index contributed by atoms with van der Waals surface area (Å²) < 4.78 is 25.8. The van der Waals surface area contributed by atoms with Crippen molar-refractivity contribution in [3.63, 3.8) is 0 Å². The van der Waals surface area contributed by atoms with Gasteiger partial charge in [-0.1, -0.05) is 0 Å². The smallest absolute Gasteiger partial charge is 0.337 e. The minimum Gasteiger partial charge on any atom is -0.491 e. The number of carbonyl (C=O) groups is 1. The Morgan fingerprint density at radius 2 is 1.39 bits per heavy atom. The molecule has 0 saturated heterocycles.